The maximum Gasteiger partial charge on any atom is 0.224 e. The first-order valence-electron chi connectivity index (χ1n) is 7.21. The Morgan fingerprint density at radius 1 is 1.42 bits per heavy atom. The van der Waals surface area contributed by atoms with Crippen LogP contribution in [0.5, 0.6) is 0 Å². The van der Waals surface area contributed by atoms with Crippen molar-refractivity contribution in [2.24, 2.45) is 5.92 Å². The van der Waals surface area contributed by atoms with Gasteiger partial charge in [-0.15, -0.1) is 0 Å². The van der Waals surface area contributed by atoms with Crippen molar-refractivity contribution in [1.82, 2.24) is 5.32 Å². The lowest BCUT2D eigenvalue weighted by Crippen LogP contribution is -2.38. The van der Waals surface area contributed by atoms with Crippen LogP contribution in [0.4, 0.5) is 0 Å². The van der Waals surface area contributed by atoms with Crippen LogP contribution < -0.4 is 5.32 Å². The highest BCUT2D eigenvalue weighted by Gasteiger charge is 2.31. The summed E-state index contributed by atoms with van der Waals surface area (Å²) in [4.78, 5) is 12.0. The molecule has 1 aromatic carbocycles. The fraction of sp³-hybridized carbons (Fsp3) is 0.562. The third-order valence-electron chi connectivity index (χ3n) is 3.74. The van der Waals surface area contributed by atoms with E-state index >= 15 is 0 Å². The van der Waals surface area contributed by atoms with E-state index in [1.807, 2.05) is 12.1 Å². The molecule has 3 heteroatoms. The number of aliphatic hydroxyl groups is 1. The normalized spacial score (nSPS) is 16.1. The van der Waals surface area contributed by atoms with Crippen LogP contribution in [-0.2, 0) is 17.6 Å². The molecule has 1 saturated carbocycles. The Bertz CT molecular complexity index is 427. The van der Waals surface area contributed by atoms with Crippen LogP contribution >= 0.6 is 0 Å². The van der Waals surface area contributed by atoms with Gasteiger partial charge in [-0.25, -0.2) is 0 Å². The van der Waals surface area contributed by atoms with E-state index in [2.05, 4.69) is 24.4 Å². The molecule has 0 saturated heterocycles. The van der Waals surface area contributed by atoms with Crippen molar-refractivity contribution in [2.45, 2.75) is 45.1 Å². The van der Waals surface area contributed by atoms with Crippen LogP contribution in [0.2, 0.25) is 0 Å². The van der Waals surface area contributed by atoms with E-state index < -0.39 is 0 Å². The molecule has 1 atom stereocenters. The monoisotopic (exact) mass is 261 g/mol. The third-order valence-corrected chi connectivity index (χ3v) is 3.74. The molecule has 1 aromatic rings. The molecule has 0 heterocycles. The maximum atomic E-state index is 12.0. The molecule has 1 amide bonds. The lowest BCUT2D eigenvalue weighted by molar-refractivity contribution is -0.121. The molecule has 0 bridgehead atoms. The topological polar surface area (TPSA) is 49.3 Å². The zero-order valence-corrected chi connectivity index (χ0v) is 11.6. The van der Waals surface area contributed by atoms with Crippen molar-refractivity contribution >= 4 is 5.91 Å². The van der Waals surface area contributed by atoms with Crippen LogP contribution in [0.15, 0.2) is 24.3 Å². The first-order valence-corrected chi connectivity index (χ1v) is 7.21. The number of carbonyl (C=O) groups is 1. The van der Waals surface area contributed by atoms with Gasteiger partial charge in [0.25, 0.3) is 0 Å². The number of benzene rings is 1. The van der Waals surface area contributed by atoms with Crippen molar-refractivity contribution in [3.63, 3.8) is 0 Å². The van der Waals surface area contributed by atoms with Crippen molar-refractivity contribution in [3.05, 3.63) is 35.4 Å². The standard InChI is InChI=1S/C16H23NO2/c1-2-12-4-3-5-13(10-12)11-16(19)17-15(8-9-18)14-6-7-14/h3-5,10,14-15,18H,2,6-9,11H2,1H3,(H,17,19). The number of amides is 1. The fourth-order valence-corrected chi connectivity index (χ4v) is 2.47. The van der Waals surface area contributed by atoms with E-state index in [-0.39, 0.29) is 18.6 Å². The molecule has 2 rings (SSSR count). The lowest BCUT2D eigenvalue weighted by Gasteiger charge is -2.17. The molecule has 0 aliphatic heterocycles. The van der Waals surface area contributed by atoms with Gasteiger partial charge in [0, 0.05) is 12.6 Å². The molecule has 1 aliphatic rings. The Hall–Kier alpha value is -1.35. The summed E-state index contributed by atoms with van der Waals surface area (Å²) in [5.41, 5.74) is 2.33. The first kappa shape index (κ1) is 14.1. The van der Waals surface area contributed by atoms with E-state index in [0.29, 0.717) is 18.8 Å². The second-order valence-corrected chi connectivity index (χ2v) is 5.37. The number of aliphatic hydroxyl groups excluding tert-OH is 1. The van der Waals surface area contributed by atoms with Crippen molar-refractivity contribution in [1.29, 1.82) is 0 Å². The van der Waals surface area contributed by atoms with E-state index in [4.69, 9.17) is 5.11 Å². The lowest BCUT2D eigenvalue weighted by atomic mass is 10.1. The summed E-state index contributed by atoms with van der Waals surface area (Å²) >= 11 is 0. The first-order chi connectivity index (χ1) is 9.22. The van der Waals surface area contributed by atoms with Crippen molar-refractivity contribution in [3.8, 4) is 0 Å². The zero-order chi connectivity index (χ0) is 13.7. The Morgan fingerprint density at radius 2 is 2.16 bits per heavy atom. The Balaban J connectivity index is 1.88. The van der Waals surface area contributed by atoms with Gasteiger partial charge in [0.1, 0.15) is 0 Å². The van der Waals surface area contributed by atoms with Crippen molar-refractivity contribution < 1.29 is 9.90 Å². The van der Waals surface area contributed by atoms with Gasteiger partial charge in [0.2, 0.25) is 5.91 Å². The summed E-state index contributed by atoms with van der Waals surface area (Å²) in [6.45, 7) is 2.26. The molecule has 1 unspecified atom stereocenters. The fourth-order valence-electron chi connectivity index (χ4n) is 2.47. The number of hydrogen-bond acceptors (Lipinski definition) is 2. The van der Waals surface area contributed by atoms with Crippen molar-refractivity contribution in [2.75, 3.05) is 6.61 Å². The Morgan fingerprint density at radius 3 is 2.79 bits per heavy atom. The molecule has 1 fully saturated rings. The zero-order valence-electron chi connectivity index (χ0n) is 11.6. The van der Waals surface area contributed by atoms with Crippen LogP contribution in [0.1, 0.15) is 37.3 Å². The van der Waals surface area contributed by atoms with Gasteiger partial charge in [-0.1, -0.05) is 31.2 Å². The van der Waals surface area contributed by atoms with Gasteiger partial charge in [0.15, 0.2) is 0 Å². The highest BCUT2D eigenvalue weighted by molar-refractivity contribution is 5.79. The predicted octanol–water partition coefficient (Wildman–Crippen LogP) is 2.07. The molecular weight excluding hydrogens is 238 g/mol. The van der Waals surface area contributed by atoms with Crippen LogP contribution in [0, 0.1) is 5.92 Å². The molecule has 0 spiro atoms. The van der Waals surface area contributed by atoms with E-state index in [9.17, 15) is 4.79 Å². The summed E-state index contributed by atoms with van der Waals surface area (Å²) in [5.74, 6) is 0.650. The highest BCUT2D eigenvalue weighted by atomic mass is 16.3. The quantitative estimate of drug-likeness (QED) is 0.789. The van der Waals surface area contributed by atoms with Gasteiger partial charge < -0.3 is 10.4 Å². The summed E-state index contributed by atoms with van der Waals surface area (Å²) in [7, 11) is 0. The Kier molecular flexibility index (Phi) is 4.97. The number of hydrogen-bond donors (Lipinski definition) is 2. The SMILES string of the molecule is CCc1cccc(CC(=O)NC(CCO)C2CC2)c1. The molecule has 19 heavy (non-hydrogen) atoms. The number of aryl methyl sites for hydroxylation is 1. The minimum atomic E-state index is 0.0682. The van der Waals surface area contributed by atoms with Crippen LogP contribution in [0.3, 0.4) is 0 Å². The van der Waals surface area contributed by atoms with E-state index in [0.717, 1.165) is 12.0 Å². The molecule has 0 radical (unpaired) electrons. The maximum absolute atomic E-state index is 12.0. The third kappa shape index (κ3) is 4.35. The minimum absolute atomic E-state index is 0.0682. The van der Waals surface area contributed by atoms with Gasteiger partial charge >= 0.3 is 0 Å². The van der Waals surface area contributed by atoms with Gasteiger partial charge in [0.05, 0.1) is 6.42 Å². The van der Waals surface area contributed by atoms with Crippen LogP contribution in [-0.4, -0.2) is 23.7 Å². The van der Waals surface area contributed by atoms with Gasteiger partial charge in [-0.2, -0.15) is 0 Å². The summed E-state index contributed by atoms with van der Waals surface area (Å²) in [6, 6.07) is 8.34. The number of rotatable bonds is 7. The number of carbonyl (C=O) groups excluding carboxylic acids is 1. The molecule has 1 aliphatic carbocycles. The summed E-state index contributed by atoms with van der Waals surface area (Å²) in [6.07, 6.45) is 4.45. The smallest absolute Gasteiger partial charge is 0.224 e. The number of nitrogens with one attached hydrogen (secondary N) is 1. The summed E-state index contributed by atoms with van der Waals surface area (Å²) in [5, 5.41) is 12.1. The minimum Gasteiger partial charge on any atom is -0.396 e. The molecular formula is C16H23NO2. The summed E-state index contributed by atoms with van der Waals surface area (Å²) < 4.78 is 0. The van der Waals surface area contributed by atoms with Gasteiger partial charge in [-0.3, -0.25) is 4.79 Å². The average Bonchev–Trinajstić information content (AvgIpc) is 3.22. The highest BCUT2D eigenvalue weighted by Crippen LogP contribution is 2.33. The average molecular weight is 261 g/mol. The molecule has 104 valence electrons. The largest absolute Gasteiger partial charge is 0.396 e. The second kappa shape index (κ2) is 6.71. The molecule has 2 N–H and O–H groups in total. The second-order valence-electron chi connectivity index (χ2n) is 5.37. The molecule has 0 aromatic heterocycles. The van der Waals surface area contributed by atoms with E-state index in [1.54, 1.807) is 0 Å². The molecule has 3 nitrogen and oxygen atoms in total. The van der Waals surface area contributed by atoms with E-state index in [1.165, 1.54) is 18.4 Å². The van der Waals surface area contributed by atoms with Crippen LogP contribution in [0.25, 0.3) is 0 Å². The van der Waals surface area contributed by atoms with Gasteiger partial charge in [-0.05, 0) is 42.7 Å². The Labute approximate surface area is 115 Å². The predicted molar refractivity (Wildman–Crippen MR) is 75.9 cm³/mol.